The number of ether oxygens (including phenoxy) is 2. The van der Waals surface area contributed by atoms with Crippen molar-refractivity contribution in [2.45, 2.75) is 31.9 Å². The Labute approximate surface area is 193 Å². The molecule has 33 heavy (non-hydrogen) atoms. The number of benzene rings is 1. The van der Waals surface area contributed by atoms with Crippen LogP contribution in [0.2, 0.25) is 0 Å². The number of amides is 2. The van der Waals surface area contributed by atoms with Crippen LogP contribution in [0, 0.1) is 18.8 Å². The molecule has 2 aromatic heterocycles. The van der Waals surface area contributed by atoms with Crippen LogP contribution in [-0.4, -0.2) is 52.0 Å². The van der Waals surface area contributed by atoms with Gasteiger partial charge in [0.15, 0.2) is 0 Å². The lowest BCUT2D eigenvalue weighted by molar-refractivity contribution is 0.0459. The number of fused-ring (bicyclic) bond motifs is 1. The summed E-state index contributed by atoms with van der Waals surface area (Å²) in [6.45, 7) is 3.49. The lowest BCUT2D eigenvalue weighted by Crippen LogP contribution is -2.40. The number of carbonyl (C=O) groups excluding carboxylic acids is 1. The smallest absolute Gasteiger partial charge is 0.321 e. The standard InChI is InChI=1S/C25H29N5O3/c1-17-13-27-30(14-17)22-10-18-15-29(25(31)28-20-6-5-7-21(12-20)32-2)16-19(18)11-23(22)33-24-8-3-4-9-26-24/h3-9,12-14,18-19,22-23H,10-11,15-16H2,1-2H3,(H,28,31)/t18-,19+,22-,23-/m0/s1. The van der Waals surface area contributed by atoms with Crippen molar-refractivity contribution >= 4 is 11.7 Å². The first-order valence-corrected chi connectivity index (χ1v) is 11.4. The van der Waals surface area contributed by atoms with E-state index in [2.05, 4.69) is 21.6 Å². The Hall–Kier alpha value is -3.55. The number of carbonyl (C=O) groups is 1. The number of methoxy groups -OCH3 is 1. The molecule has 0 radical (unpaired) electrons. The predicted molar refractivity (Wildman–Crippen MR) is 124 cm³/mol. The van der Waals surface area contributed by atoms with Crippen LogP contribution < -0.4 is 14.8 Å². The molecule has 0 spiro atoms. The number of anilines is 1. The van der Waals surface area contributed by atoms with Crippen molar-refractivity contribution in [1.82, 2.24) is 19.7 Å². The van der Waals surface area contributed by atoms with Crippen LogP contribution in [0.25, 0.3) is 0 Å². The lowest BCUT2D eigenvalue weighted by atomic mass is 9.77. The van der Waals surface area contributed by atoms with E-state index in [1.165, 1.54) is 0 Å². The molecule has 1 saturated heterocycles. The van der Waals surface area contributed by atoms with Gasteiger partial charge in [-0.3, -0.25) is 4.68 Å². The molecule has 8 heteroatoms. The summed E-state index contributed by atoms with van der Waals surface area (Å²) in [6.07, 6.45) is 7.41. The average Bonchev–Trinajstić information content (AvgIpc) is 3.45. The van der Waals surface area contributed by atoms with Gasteiger partial charge in [-0.2, -0.15) is 5.10 Å². The Morgan fingerprint density at radius 3 is 2.70 bits per heavy atom. The second-order valence-corrected chi connectivity index (χ2v) is 8.95. The van der Waals surface area contributed by atoms with E-state index in [1.54, 1.807) is 13.3 Å². The van der Waals surface area contributed by atoms with Crippen LogP contribution in [0.3, 0.4) is 0 Å². The van der Waals surface area contributed by atoms with Gasteiger partial charge in [-0.15, -0.1) is 0 Å². The van der Waals surface area contributed by atoms with E-state index >= 15 is 0 Å². The van der Waals surface area contributed by atoms with Gasteiger partial charge in [0.05, 0.1) is 19.3 Å². The highest BCUT2D eigenvalue weighted by atomic mass is 16.5. The molecule has 1 aliphatic heterocycles. The van der Waals surface area contributed by atoms with Crippen LogP contribution in [0.15, 0.2) is 61.1 Å². The number of aryl methyl sites for hydroxylation is 1. The fourth-order valence-electron chi connectivity index (χ4n) is 5.05. The Balaban J connectivity index is 1.31. The van der Waals surface area contributed by atoms with Crippen molar-refractivity contribution in [3.05, 3.63) is 66.6 Å². The minimum absolute atomic E-state index is 0.0538. The average molecular weight is 448 g/mol. The number of aromatic nitrogens is 3. The third-order valence-electron chi connectivity index (χ3n) is 6.67. The molecule has 8 nitrogen and oxygen atoms in total. The van der Waals surface area contributed by atoms with E-state index < -0.39 is 0 Å². The van der Waals surface area contributed by atoms with Gasteiger partial charge in [-0.05, 0) is 55.4 Å². The number of nitrogens with zero attached hydrogens (tertiary/aromatic N) is 4. The predicted octanol–water partition coefficient (Wildman–Crippen LogP) is 4.16. The summed E-state index contributed by atoms with van der Waals surface area (Å²) >= 11 is 0. The Bertz CT molecular complexity index is 1100. The summed E-state index contributed by atoms with van der Waals surface area (Å²) in [5.41, 5.74) is 1.86. The van der Waals surface area contributed by atoms with Crippen LogP contribution in [-0.2, 0) is 0 Å². The molecule has 2 aliphatic rings. The van der Waals surface area contributed by atoms with Gasteiger partial charge >= 0.3 is 6.03 Å². The second kappa shape index (κ2) is 9.13. The van der Waals surface area contributed by atoms with Crippen LogP contribution >= 0.6 is 0 Å². The van der Waals surface area contributed by atoms with Gasteiger partial charge in [-0.25, -0.2) is 9.78 Å². The first kappa shape index (κ1) is 21.3. The zero-order valence-corrected chi connectivity index (χ0v) is 18.9. The van der Waals surface area contributed by atoms with E-state index in [1.807, 2.05) is 65.2 Å². The molecule has 2 fully saturated rings. The third kappa shape index (κ3) is 4.65. The van der Waals surface area contributed by atoms with E-state index in [0.29, 0.717) is 24.3 Å². The molecule has 2 amide bonds. The SMILES string of the molecule is COc1cccc(NC(=O)N2C[C@H]3C[C@H](Oc4ccccn4)[C@@H](n4cc(C)cn4)C[C@H]3C2)c1. The maximum Gasteiger partial charge on any atom is 0.321 e. The number of urea groups is 1. The zero-order chi connectivity index (χ0) is 22.8. The van der Waals surface area contributed by atoms with Gasteiger partial charge < -0.3 is 19.7 Å². The van der Waals surface area contributed by atoms with Crippen molar-refractivity contribution in [3.63, 3.8) is 0 Å². The highest BCUT2D eigenvalue weighted by molar-refractivity contribution is 5.89. The molecule has 0 unspecified atom stereocenters. The van der Waals surface area contributed by atoms with Gasteiger partial charge in [0.2, 0.25) is 5.88 Å². The third-order valence-corrected chi connectivity index (χ3v) is 6.67. The molecule has 1 saturated carbocycles. The first-order chi connectivity index (χ1) is 16.1. The molecule has 0 bridgehead atoms. The van der Waals surface area contributed by atoms with E-state index in [4.69, 9.17) is 9.47 Å². The topological polar surface area (TPSA) is 81.5 Å². The normalized spacial score (nSPS) is 24.2. The van der Waals surface area contributed by atoms with Crippen molar-refractivity contribution in [2.75, 3.05) is 25.5 Å². The molecular formula is C25H29N5O3. The van der Waals surface area contributed by atoms with Crippen molar-refractivity contribution in [3.8, 4) is 11.6 Å². The van der Waals surface area contributed by atoms with Gasteiger partial charge in [-0.1, -0.05) is 12.1 Å². The van der Waals surface area contributed by atoms with Crippen molar-refractivity contribution in [2.24, 2.45) is 11.8 Å². The molecule has 1 aromatic carbocycles. The summed E-state index contributed by atoms with van der Waals surface area (Å²) in [6, 6.07) is 13.2. The van der Waals surface area contributed by atoms with E-state index in [0.717, 1.165) is 36.4 Å². The summed E-state index contributed by atoms with van der Waals surface area (Å²) in [5, 5.41) is 7.60. The van der Waals surface area contributed by atoms with Gasteiger partial charge in [0.1, 0.15) is 11.9 Å². The lowest BCUT2D eigenvalue weighted by Gasteiger charge is -2.37. The molecule has 3 heterocycles. The Morgan fingerprint density at radius 2 is 1.97 bits per heavy atom. The van der Waals surface area contributed by atoms with Crippen molar-refractivity contribution < 1.29 is 14.3 Å². The highest BCUT2D eigenvalue weighted by Gasteiger charge is 2.45. The number of pyridine rings is 1. The van der Waals surface area contributed by atoms with Crippen molar-refractivity contribution in [1.29, 1.82) is 0 Å². The molecule has 3 aromatic rings. The molecular weight excluding hydrogens is 418 g/mol. The number of hydrogen-bond acceptors (Lipinski definition) is 5. The van der Waals surface area contributed by atoms with E-state index in [-0.39, 0.29) is 18.2 Å². The second-order valence-electron chi connectivity index (χ2n) is 8.95. The molecule has 172 valence electrons. The molecule has 1 N–H and O–H groups in total. The Kier molecular flexibility index (Phi) is 5.90. The summed E-state index contributed by atoms with van der Waals surface area (Å²) in [7, 11) is 1.62. The Morgan fingerprint density at radius 1 is 1.12 bits per heavy atom. The molecule has 1 aliphatic carbocycles. The van der Waals surface area contributed by atoms with E-state index in [9.17, 15) is 4.79 Å². The summed E-state index contributed by atoms with van der Waals surface area (Å²) < 4.78 is 13.6. The van der Waals surface area contributed by atoms with Gasteiger partial charge in [0.25, 0.3) is 0 Å². The molecule has 5 rings (SSSR count). The molecule has 4 atom stereocenters. The summed E-state index contributed by atoms with van der Waals surface area (Å²) in [4.78, 5) is 19.3. The monoisotopic (exact) mass is 447 g/mol. The largest absolute Gasteiger partial charge is 0.497 e. The van der Waals surface area contributed by atoms with Crippen LogP contribution in [0.1, 0.15) is 24.4 Å². The minimum Gasteiger partial charge on any atom is -0.497 e. The number of rotatable bonds is 5. The quantitative estimate of drug-likeness (QED) is 0.635. The fraction of sp³-hybridized carbons (Fsp3) is 0.400. The fourth-order valence-corrected chi connectivity index (χ4v) is 5.05. The maximum atomic E-state index is 13.0. The number of nitrogens with one attached hydrogen (secondary N) is 1. The highest BCUT2D eigenvalue weighted by Crippen LogP contribution is 2.42. The number of likely N-dealkylation sites (tertiary alicyclic amines) is 1. The van der Waals surface area contributed by atoms with Gasteiger partial charge in [0, 0.05) is 43.3 Å². The number of hydrogen-bond donors (Lipinski definition) is 1. The van der Waals surface area contributed by atoms with Crippen LogP contribution in [0.5, 0.6) is 11.6 Å². The zero-order valence-electron chi connectivity index (χ0n) is 18.9. The first-order valence-electron chi connectivity index (χ1n) is 11.4. The maximum absolute atomic E-state index is 13.0. The minimum atomic E-state index is -0.0775. The van der Waals surface area contributed by atoms with Crippen LogP contribution in [0.4, 0.5) is 10.5 Å². The summed E-state index contributed by atoms with van der Waals surface area (Å²) in [5.74, 6) is 2.12.